The molecular weight excluding hydrogens is 318 g/mol. The first-order valence-corrected chi connectivity index (χ1v) is 7.39. The minimum absolute atomic E-state index is 0.380. The van der Waals surface area contributed by atoms with E-state index in [0.717, 1.165) is 14.4 Å². The van der Waals surface area contributed by atoms with Crippen LogP contribution in [0.5, 0.6) is 0 Å². The predicted octanol–water partition coefficient (Wildman–Crippen LogP) is 4.10. The van der Waals surface area contributed by atoms with Gasteiger partial charge in [0.2, 0.25) is 0 Å². The molecule has 0 aliphatic heterocycles. The van der Waals surface area contributed by atoms with Gasteiger partial charge in [-0.1, -0.05) is 42.1 Å². The van der Waals surface area contributed by atoms with E-state index >= 15 is 0 Å². The first-order valence-electron chi connectivity index (χ1n) is 4.96. The molecule has 1 amide bonds. The van der Waals surface area contributed by atoms with Crippen LogP contribution in [0.1, 0.15) is 16.8 Å². The molecule has 0 aromatic carbocycles. The Morgan fingerprint density at radius 2 is 2.24 bits per heavy atom. The van der Waals surface area contributed by atoms with Crippen LogP contribution < -0.4 is 5.73 Å². The predicted molar refractivity (Wildman–Crippen MR) is 77.4 cm³/mol. The van der Waals surface area contributed by atoms with Crippen LogP contribution in [-0.2, 0) is 0 Å². The fourth-order valence-electron chi connectivity index (χ4n) is 1.35. The quantitative estimate of drug-likeness (QED) is 0.908. The summed E-state index contributed by atoms with van der Waals surface area (Å²) in [4.78, 5) is 12.5. The molecule has 1 heterocycles. The molecule has 2 rings (SSSR count). The number of carbonyl (C=O) groups is 1. The Labute approximate surface area is 116 Å². The van der Waals surface area contributed by atoms with E-state index in [1.54, 1.807) is 17.8 Å². The second kappa shape index (κ2) is 5.71. The molecule has 1 aromatic heterocycles. The van der Waals surface area contributed by atoms with Gasteiger partial charge in [0.1, 0.15) is 0 Å². The van der Waals surface area contributed by atoms with E-state index in [9.17, 15) is 4.79 Å². The highest BCUT2D eigenvalue weighted by Gasteiger charge is 2.14. The van der Waals surface area contributed by atoms with Crippen molar-refractivity contribution in [2.45, 2.75) is 10.6 Å². The third-order valence-corrected chi connectivity index (χ3v) is 5.02. The monoisotopic (exact) mass is 327 g/mol. The molecule has 0 saturated carbocycles. The largest absolute Gasteiger partial charge is 0.366 e. The molecule has 88 valence electrons. The summed E-state index contributed by atoms with van der Waals surface area (Å²) >= 11 is 6.51. The summed E-state index contributed by atoms with van der Waals surface area (Å²) in [6.45, 7) is 0. The second-order valence-electron chi connectivity index (χ2n) is 3.37. The first-order chi connectivity index (χ1) is 8.16. The lowest BCUT2D eigenvalue weighted by Gasteiger charge is -2.02. The van der Waals surface area contributed by atoms with Gasteiger partial charge in [0.25, 0.3) is 5.91 Å². The average molecular weight is 328 g/mol. The topological polar surface area (TPSA) is 43.1 Å². The molecular formula is C12H10BrNOS2. The molecule has 17 heavy (non-hydrogen) atoms. The molecule has 2 N–H and O–H groups in total. The Morgan fingerprint density at radius 3 is 3.00 bits per heavy atom. The van der Waals surface area contributed by atoms with Crippen LogP contribution in [0.3, 0.4) is 0 Å². The van der Waals surface area contributed by atoms with Crippen LogP contribution in [0.25, 0.3) is 0 Å². The lowest BCUT2D eigenvalue weighted by atomic mass is 10.3. The number of thioether (sulfide) groups is 1. The van der Waals surface area contributed by atoms with E-state index in [1.165, 1.54) is 16.2 Å². The molecule has 1 aromatic rings. The summed E-state index contributed by atoms with van der Waals surface area (Å²) in [5, 5.41) is 0. The summed E-state index contributed by atoms with van der Waals surface area (Å²) in [7, 11) is 0. The fraction of sp³-hybridized carbons (Fsp3) is 0.0833. The Hall–Kier alpha value is -0.780. The molecule has 0 radical (unpaired) electrons. The summed E-state index contributed by atoms with van der Waals surface area (Å²) < 4.78 is 1.87. The minimum Gasteiger partial charge on any atom is -0.366 e. The maximum atomic E-state index is 11.3. The Balaban J connectivity index is 2.23. The smallest absolute Gasteiger partial charge is 0.250 e. The number of halogens is 1. The Morgan fingerprint density at radius 1 is 1.41 bits per heavy atom. The van der Waals surface area contributed by atoms with Crippen molar-refractivity contribution in [2.75, 3.05) is 0 Å². The number of amides is 1. The van der Waals surface area contributed by atoms with E-state index in [0.29, 0.717) is 5.56 Å². The van der Waals surface area contributed by atoms with Crippen LogP contribution >= 0.6 is 39.0 Å². The van der Waals surface area contributed by atoms with Gasteiger partial charge in [-0.2, -0.15) is 0 Å². The standard InChI is InChI=1S/C12H10BrNOS2/c13-10-7-9(11(14)15)12(17-10)16-8-5-3-1-2-4-6-8/h1-5,7H,6H2,(H2,14,15). The zero-order valence-corrected chi connectivity index (χ0v) is 12.1. The summed E-state index contributed by atoms with van der Waals surface area (Å²) in [5.41, 5.74) is 5.94. The van der Waals surface area contributed by atoms with Crippen LogP contribution in [0.4, 0.5) is 0 Å². The average Bonchev–Trinajstić information content (AvgIpc) is 2.50. The molecule has 0 spiro atoms. The number of allylic oxidation sites excluding steroid dienone is 6. The lowest BCUT2D eigenvalue weighted by Crippen LogP contribution is -2.10. The molecule has 1 aliphatic carbocycles. The number of primary amides is 1. The molecule has 0 fully saturated rings. The molecule has 0 saturated heterocycles. The number of hydrogen-bond acceptors (Lipinski definition) is 3. The zero-order valence-electron chi connectivity index (χ0n) is 8.85. The second-order valence-corrected chi connectivity index (χ2v) is 7.19. The van der Waals surface area contributed by atoms with E-state index in [-0.39, 0.29) is 5.91 Å². The van der Waals surface area contributed by atoms with Crippen molar-refractivity contribution in [3.63, 3.8) is 0 Å². The van der Waals surface area contributed by atoms with Gasteiger partial charge in [0, 0.05) is 0 Å². The fourth-order valence-corrected chi connectivity index (χ4v) is 4.60. The third-order valence-electron chi connectivity index (χ3n) is 2.12. The van der Waals surface area contributed by atoms with E-state index in [1.807, 2.05) is 18.2 Å². The van der Waals surface area contributed by atoms with Crippen molar-refractivity contribution in [1.82, 2.24) is 0 Å². The molecule has 0 bridgehead atoms. The van der Waals surface area contributed by atoms with Gasteiger partial charge in [0.05, 0.1) is 13.6 Å². The molecule has 1 aliphatic rings. The Bertz CT molecular complexity index is 529. The first kappa shape index (κ1) is 12.7. The van der Waals surface area contributed by atoms with Gasteiger partial charge in [-0.05, 0) is 33.3 Å². The maximum absolute atomic E-state index is 11.3. The highest BCUT2D eigenvalue weighted by Crippen LogP contribution is 2.40. The van der Waals surface area contributed by atoms with Gasteiger partial charge < -0.3 is 5.73 Å². The van der Waals surface area contributed by atoms with Crippen molar-refractivity contribution in [2.24, 2.45) is 5.73 Å². The van der Waals surface area contributed by atoms with E-state index in [2.05, 4.69) is 28.1 Å². The van der Waals surface area contributed by atoms with Crippen molar-refractivity contribution in [3.8, 4) is 0 Å². The van der Waals surface area contributed by atoms with Crippen LogP contribution in [0.2, 0.25) is 0 Å². The number of rotatable bonds is 3. The van der Waals surface area contributed by atoms with Crippen molar-refractivity contribution < 1.29 is 4.79 Å². The summed E-state index contributed by atoms with van der Waals surface area (Å²) in [6, 6.07) is 1.78. The van der Waals surface area contributed by atoms with Gasteiger partial charge in [-0.15, -0.1) is 11.3 Å². The molecule has 5 heteroatoms. The van der Waals surface area contributed by atoms with E-state index in [4.69, 9.17) is 5.73 Å². The number of thiophene rings is 1. The van der Waals surface area contributed by atoms with Crippen LogP contribution in [-0.4, -0.2) is 5.91 Å². The van der Waals surface area contributed by atoms with Gasteiger partial charge in [-0.25, -0.2) is 0 Å². The maximum Gasteiger partial charge on any atom is 0.250 e. The summed E-state index contributed by atoms with van der Waals surface area (Å²) in [5.74, 6) is -0.380. The normalized spacial score (nSPS) is 14.5. The van der Waals surface area contributed by atoms with Crippen LogP contribution in [0, 0.1) is 0 Å². The SMILES string of the molecule is NC(=O)c1cc(Br)sc1SC1=CC=CC=CC1. The highest BCUT2D eigenvalue weighted by molar-refractivity contribution is 9.11. The lowest BCUT2D eigenvalue weighted by molar-refractivity contribution is 0.0998. The summed E-state index contributed by atoms with van der Waals surface area (Å²) in [6.07, 6.45) is 11.0. The molecule has 0 unspecified atom stereocenters. The zero-order chi connectivity index (χ0) is 12.3. The Kier molecular flexibility index (Phi) is 4.25. The van der Waals surface area contributed by atoms with Crippen molar-refractivity contribution in [3.05, 3.63) is 50.7 Å². The number of nitrogens with two attached hydrogens (primary N) is 1. The van der Waals surface area contributed by atoms with Crippen LogP contribution in [0.15, 0.2) is 49.3 Å². The van der Waals surface area contributed by atoms with Crippen molar-refractivity contribution >= 4 is 44.9 Å². The minimum atomic E-state index is -0.380. The van der Waals surface area contributed by atoms with Gasteiger partial charge in [-0.3, -0.25) is 4.79 Å². The highest BCUT2D eigenvalue weighted by atomic mass is 79.9. The van der Waals surface area contributed by atoms with Crippen molar-refractivity contribution in [1.29, 1.82) is 0 Å². The number of carbonyl (C=O) groups excluding carboxylic acids is 1. The molecule has 0 atom stereocenters. The van der Waals surface area contributed by atoms with Gasteiger partial charge in [0.15, 0.2) is 0 Å². The molecule has 2 nitrogen and oxygen atoms in total. The van der Waals surface area contributed by atoms with Gasteiger partial charge >= 0.3 is 0 Å². The van der Waals surface area contributed by atoms with E-state index < -0.39 is 0 Å². The number of hydrogen-bond donors (Lipinski definition) is 1. The third kappa shape index (κ3) is 3.34.